The molecule has 2 fully saturated rings. The fourth-order valence-corrected chi connectivity index (χ4v) is 4.59. The van der Waals surface area contributed by atoms with Gasteiger partial charge >= 0.3 is 6.18 Å². The summed E-state index contributed by atoms with van der Waals surface area (Å²) in [7, 11) is 0. The van der Waals surface area contributed by atoms with Gasteiger partial charge in [0.2, 0.25) is 5.95 Å². The van der Waals surface area contributed by atoms with E-state index in [0.717, 1.165) is 31.5 Å². The highest BCUT2D eigenvalue weighted by Gasteiger charge is 2.53. The first-order valence-corrected chi connectivity index (χ1v) is 11.1. The first-order valence-electron chi connectivity index (χ1n) is 10.8. The summed E-state index contributed by atoms with van der Waals surface area (Å²) in [5.74, 6) is 0.0699. The van der Waals surface area contributed by atoms with E-state index in [2.05, 4.69) is 25.3 Å². The zero-order valence-electron chi connectivity index (χ0n) is 17.9. The molecule has 3 aromatic rings. The van der Waals surface area contributed by atoms with Crippen molar-refractivity contribution >= 4 is 23.5 Å². The van der Waals surface area contributed by atoms with Crippen molar-refractivity contribution in [2.45, 2.75) is 31.5 Å². The molecule has 5 rings (SSSR count). The van der Waals surface area contributed by atoms with Crippen LogP contribution >= 0.6 is 11.6 Å². The van der Waals surface area contributed by atoms with Crippen LogP contribution in [0.2, 0.25) is 5.02 Å². The van der Waals surface area contributed by atoms with Gasteiger partial charge in [0.05, 0.1) is 5.56 Å². The Labute approximate surface area is 198 Å². The quantitative estimate of drug-likeness (QED) is 0.560. The van der Waals surface area contributed by atoms with Crippen molar-refractivity contribution in [3.63, 3.8) is 0 Å². The van der Waals surface area contributed by atoms with E-state index in [1.807, 2.05) is 0 Å². The smallest absolute Gasteiger partial charge is 0.352 e. The van der Waals surface area contributed by atoms with Crippen molar-refractivity contribution in [3.05, 3.63) is 65.2 Å². The van der Waals surface area contributed by atoms with E-state index < -0.39 is 11.9 Å². The molecule has 1 unspecified atom stereocenters. The van der Waals surface area contributed by atoms with Gasteiger partial charge in [-0.15, -0.1) is 0 Å². The second-order valence-corrected chi connectivity index (χ2v) is 9.13. The Morgan fingerprint density at radius 1 is 1.15 bits per heavy atom. The van der Waals surface area contributed by atoms with Crippen LogP contribution in [0.5, 0.6) is 0 Å². The van der Waals surface area contributed by atoms with Crippen molar-refractivity contribution in [3.8, 4) is 11.4 Å². The second-order valence-electron chi connectivity index (χ2n) is 8.70. The molecular weight excluding hydrogens is 469 g/mol. The maximum atomic E-state index is 13.7. The zero-order valence-corrected chi connectivity index (χ0v) is 18.6. The van der Waals surface area contributed by atoms with E-state index in [1.54, 1.807) is 41.6 Å². The van der Waals surface area contributed by atoms with Crippen LogP contribution in [0, 0.1) is 5.41 Å². The third kappa shape index (κ3) is 4.54. The minimum absolute atomic E-state index is 0.0542. The lowest BCUT2D eigenvalue weighted by molar-refractivity contribution is -0.141. The number of benzene rings is 1. The number of alkyl halides is 3. The summed E-state index contributed by atoms with van der Waals surface area (Å²) in [6.45, 7) is 0.801. The number of hydrogen-bond acceptors (Lipinski definition) is 6. The Bertz CT molecular complexity index is 1220. The number of carbonyl (C=O) groups excluding carboxylic acids is 1. The first-order chi connectivity index (χ1) is 16.2. The Kier molecular flexibility index (Phi) is 5.63. The van der Waals surface area contributed by atoms with Gasteiger partial charge in [0.1, 0.15) is 5.69 Å². The lowest BCUT2D eigenvalue weighted by atomic mass is 10.0. The fourth-order valence-electron chi connectivity index (χ4n) is 4.42. The van der Waals surface area contributed by atoms with Gasteiger partial charge in [-0.3, -0.25) is 4.79 Å². The zero-order chi connectivity index (χ0) is 23.9. The molecule has 11 heteroatoms. The highest BCUT2D eigenvalue weighted by molar-refractivity contribution is 6.31. The minimum atomic E-state index is -4.56. The molecular formula is C23H20ClF3N6O. The number of carbonyl (C=O) groups is 1. The molecule has 1 aliphatic carbocycles. The van der Waals surface area contributed by atoms with Gasteiger partial charge in [0.15, 0.2) is 5.82 Å². The number of hydrogen-bond donors (Lipinski definition) is 1. The SMILES string of the molecule is O=C(c1cc(Cl)ccc1-c1ncccn1)N1CC2(CC2)CC1CNc1nccc(C(F)(F)F)n1. The summed E-state index contributed by atoms with van der Waals surface area (Å²) >= 11 is 6.22. The van der Waals surface area contributed by atoms with Gasteiger partial charge in [-0.25, -0.2) is 19.9 Å². The first kappa shape index (κ1) is 22.5. The van der Waals surface area contributed by atoms with Crippen LogP contribution in [-0.4, -0.2) is 49.9 Å². The van der Waals surface area contributed by atoms with Crippen molar-refractivity contribution in [2.24, 2.45) is 5.41 Å². The van der Waals surface area contributed by atoms with E-state index in [0.29, 0.717) is 28.5 Å². The largest absolute Gasteiger partial charge is 0.433 e. The monoisotopic (exact) mass is 488 g/mol. The van der Waals surface area contributed by atoms with E-state index >= 15 is 0 Å². The van der Waals surface area contributed by atoms with Crippen molar-refractivity contribution in [2.75, 3.05) is 18.4 Å². The number of nitrogens with zero attached hydrogens (tertiary/aromatic N) is 5. The molecule has 2 aliphatic rings. The second kappa shape index (κ2) is 8.50. The number of nitrogens with one attached hydrogen (secondary N) is 1. The summed E-state index contributed by atoms with van der Waals surface area (Å²) in [6, 6.07) is 7.28. The van der Waals surface area contributed by atoms with Crippen LogP contribution in [0.4, 0.5) is 19.1 Å². The van der Waals surface area contributed by atoms with E-state index in [-0.39, 0.29) is 29.9 Å². The molecule has 1 spiro atoms. The van der Waals surface area contributed by atoms with Gasteiger partial charge in [0.25, 0.3) is 5.91 Å². The number of halogens is 4. The summed E-state index contributed by atoms with van der Waals surface area (Å²) < 4.78 is 39.0. The lowest BCUT2D eigenvalue weighted by Gasteiger charge is -2.26. The van der Waals surface area contributed by atoms with E-state index in [4.69, 9.17) is 11.6 Å². The molecule has 0 bridgehead atoms. The third-order valence-corrected chi connectivity index (χ3v) is 6.53. The van der Waals surface area contributed by atoms with Crippen LogP contribution in [0.25, 0.3) is 11.4 Å². The van der Waals surface area contributed by atoms with Gasteiger partial charge in [0, 0.05) is 48.3 Å². The Balaban J connectivity index is 1.40. The van der Waals surface area contributed by atoms with Gasteiger partial charge < -0.3 is 10.2 Å². The van der Waals surface area contributed by atoms with Gasteiger partial charge in [-0.1, -0.05) is 11.6 Å². The van der Waals surface area contributed by atoms with E-state index in [1.165, 1.54) is 0 Å². The standard InChI is InChI=1S/C23H20ClF3N6O/c24-14-2-3-16(19-28-7-1-8-29-19)17(10-14)20(34)33-13-22(5-6-22)11-15(33)12-31-21-30-9-4-18(32-21)23(25,26)27/h1-4,7-10,15H,5-6,11-13H2,(H,30,31,32). The predicted octanol–water partition coefficient (Wildman–Crippen LogP) is 4.71. The van der Waals surface area contributed by atoms with Gasteiger partial charge in [-0.05, 0) is 55.0 Å². The minimum Gasteiger partial charge on any atom is -0.352 e. The molecule has 176 valence electrons. The highest BCUT2D eigenvalue weighted by Crippen LogP contribution is 2.55. The van der Waals surface area contributed by atoms with E-state index in [9.17, 15) is 18.0 Å². The summed E-state index contributed by atoms with van der Waals surface area (Å²) in [6.07, 6.45) is 2.48. The molecule has 2 aromatic heterocycles. The van der Waals surface area contributed by atoms with Crippen molar-refractivity contribution in [1.82, 2.24) is 24.8 Å². The summed E-state index contributed by atoms with van der Waals surface area (Å²) in [4.78, 5) is 31.5. The van der Waals surface area contributed by atoms with Crippen LogP contribution in [0.3, 0.4) is 0 Å². The number of aromatic nitrogens is 4. The molecule has 1 amide bonds. The average molecular weight is 489 g/mol. The molecule has 1 N–H and O–H groups in total. The molecule has 3 heterocycles. The van der Waals surface area contributed by atoms with Crippen LogP contribution in [0.1, 0.15) is 35.3 Å². The molecule has 1 saturated carbocycles. The third-order valence-electron chi connectivity index (χ3n) is 6.29. The van der Waals surface area contributed by atoms with Crippen molar-refractivity contribution in [1.29, 1.82) is 0 Å². The van der Waals surface area contributed by atoms with Crippen LogP contribution < -0.4 is 5.32 Å². The number of rotatable bonds is 5. The normalized spacial score (nSPS) is 18.8. The van der Waals surface area contributed by atoms with Crippen molar-refractivity contribution < 1.29 is 18.0 Å². The predicted molar refractivity (Wildman–Crippen MR) is 119 cm³/mol. The van der Waals surface area contributed by atoms with Crippen LogP contribution in [-0.2, 0) is 6.18 Å². The number of anilines is 1. The maximum Gasteiger partial charge on any atom is 0.433 e. The molecule has 34 heavy (non-hydrogen) atoms. The Morgan fingerprint density at radius 2 is 1.91 bits per heavy atom. The van der Waals surface area contributed by atoms with Crippen LogP contribution in [0.15, 0.2) is 48.9 Å². The maximum absolute atomic E-state index is 13.7. The summed E-state index contributed by atoms with van der Waals surface area (Å²) in [5, 5.41) is 3.30. The number of amides is 1. The topological polar surface area (TPSA) is 83.9 Å². The fraction of sp³-hybridized carbons (Fsp3) is 0.348. The lowest BCUT2D eigenvalue weighted by Crippen LogP contribution is -2.40. The molecule has 0 radical (unpaired) electrons. The number of likely N-dealkylation sites (tertiary alicyclic amines) is 1. The molecule has 1 saturated heterocycles. The Hall–Kier alpha value is -3.27. The molecule has 1 aromatic carbocycles. The molecule has 1 atom stereocenters. The molecule has 1 aliphatic heterocycles. The Morgan fingerprint density at radius 3 is 2.62 bits per heavy atom. The average Bonchev–Trinajstić information content (AvgIpc) is 3.48. The highest BCUT2D eigenvalue weighted by atomic mass is 35.5. The molecule has 7 nitrogen and oxygen atoms in total. The van der Waals surface area contributed by atoms with Gasteiger partial charge in [-0.2, -0.15) is 13.2 Å². The summed E-state index contributed by atoms with van der Waals surface area (Å²) in [5.41, 5.74) is -0.00981.